The van der Waals surface area contributed by atoms with Crippen LogP contribution in [-0.4, -0.2) is 23.6 Å². The summed E-state index contributed by atoms with van der Waals surface area (Å²) in [4.78, 5) is 23.4. The van der Waals surface area contributed by atoms with Gasteiger partial charge in [0.2, 0.25) is 5.91 Å². The van der Waals surface area contributed by atoms with Crippen LogP contribution in [-0.2, 0) is 9.59 Å². The molecule has 2 rings (SSSR count). The Balaban J connectivity index is 1.91. The third kappa shape index (κ3) is 4.98. The number of hydrogen-bond acceptors (Lipinski definition) is 3. The van der Waals surface area contributed by atoms with E-state index in [2.05, 4.69) is 12.2 Å². The summed E-state index contributed by atoms with van der Waals surface area (Å²) < 4.78 is 5.72. The zero-order valence-corrected chi connectivity index (χ0v) is 13.6. The largest absolute Gasteiger partial charge is 0.491 e. The van der Waals surface area contributed by atoms with Crippen molar-refractivity contribution in [2.45, 2.75) is 45.4 Å². The van der Waals surface area contributed by atoms with Crippen LogP contribution in [0.2, 0.25) is 0 Å². The number of hydrogen-bond donors (Lipinski definition) is 2. The van der Waals surface area contributed by atoms with Crippen molar-refractivity contribution < 1.29 is 19.4 Å². The molecule has 0 aliphatic heterocycles. The summed E-state index contributed by atoms with van der Waals surface area (Å²) in [6, 6.07) is 7.44. The molecule has 1 aliphatic carbocycles. The summed E-state index contributed by atoms with van der Waals surface area (Å²) in [6.45, 7) is 2.73. The van der Waals surface area contributed by atoms with Gasteiger partial charge in [-0.25, -0.2) is 0 Å². The maximum atomic E-state index is 12.4. The standard InChI is InChI=1S/C18H25NO4/c1-2-3-12-23-16-7-5-4-6-15(16)19-17(20)13-8-10-14(11-9-13)18(21)22/h4-7,13-14H,2-3,8-12H2,1H3,(H,19,20)(H,21,22). The molecular formula is C18H25NO4. The Kier molecular flexibility index (Phi) is 6.44. The summed E-state index contributed by atoms with van der Waals surface area (Å²) in [7, 11) is 0. The lowest BCUT2D eigenvalue weighted by Gasteiger charge is -2.25. The van der Waals surface area contributed by atoms with Gasteiger partial charge in [-0.1, -0.05) is 25.5 Å². The molecule has 0 unspecified atom stereocenters. The Morgan fingerprint density at radius 2 is 1.83 bits per heavy atom. The van der Waals surface area contributed by atoms with Crippen molar-refractivity contribution in [3.05, 3.63) is 24.3 Å². The van der Waals surface area contributed by atoms with Crippen molar-refractivity contribution in [2.75, 3.05) is 11.9 Å². The average Bonchev–Trinajstić information content (AvgIpc) is 2.56. The molecule has 2 N–H and O–H groups in total. The molecule has 1 aliphatic rings. The van der Waals surface area contributed by atoms with Gasteiger partial charge in [0.05, 0.1) is 18.2 Å². The predicted molar refractivity (Wildman–Crippen MR) is 88.6 cm³/mol. The zero-order valence-electron chi connectivity index (χ0n) is 13.6. The monoisotopic (exact) mass is 319 g/mol. The number of carboxylic acids is 1. The third-order valence-corrected chi connectivity index (χ3v) is 4.35. The van der Waals surface area contributed by atoms with Gasteiger partial charge in [0.1, 0.15) is 5.75 Å². The number of para-hydroxylation sites is 2. The summed E-state index contributed by atoms with van der Waals surface area (Å²) in [5.41, 5.74) is 0.689. The fourth-order valence-corrected chi connectivity index (χ4v) is 2.86. The number of aliphatic carboxylic acids is 1. The molecule has 23 heavy (non-hydrogen) atoms. The van der Waals surface area contributed by atoms with Crippen LogP contribution in [0.25, 0.3) is 0 Å². The summed E-state index contributed by atoms with van der Waals surface area (Å²) in [5, 5.41) is 12.0. The van der Waals surface area contributed by atoms with Crippen LogP contribution in [0.1, 0.15) is 45.4 Å². The molecule has 126 valence electrons. The summed E-state index contributed by atoms with van der Waals surface area (Å²) >= 11 is 0. The molecule has 1 amide bonds. The van der Waals surface area contributed by atoms with Crippen molar-refractivity contribution in [2.24, 2.45) is 11.8 Å². The number of carbonyl (C=O) groups excluding carboxylic acids is 1. The molecule has 0 saturated heterocycles. The molecule has 1 aromatic rings. The number of amides is 1. The Morgan fingerprint density at radius 3 is 2.48 bits per heavy atom. The first kappa shape index (κ1) is 17.3. The van der Waals surface area contributed by atoms with Gasteiger partial charge in [-0.2, -0.15) is 0 Å². The maximum Gasteiger partial charge on any atom is 0.306 e. The molecule has 0 bridgehead atoms. The Bertz CT molecular complexity index is 536. The minimum atomic E-state index is -0.751. The van der Waals surface area contributed by atoms with Gasteiger partial charge in [-0.05, 0) is 44.2 Å². The van der Waals surface area contributed by atoms with Crippen molar-refractivity contribution in [3.8, 4) is 5.75 Å². The molecule has 1 aromatic carbocycles. The van der Waals surface area contributed by atoms with Crippen molar-refractivity contribution in [1.82, 2.24) is 0 Å². The second-order valence-corrected chi connectivity index (χ2v) is 6.07. The zero-order chi connectivity index (χ0) is 16.7. The fraction of sp³-hybridized carbons (Fsp3) is 0.556. The number of carbonyl (C=O) groups is 2. The normalized spacial score (nSPS) is 20.7. The molecule has 0 radical (unpaired) electrons. The number of nitrogens with one attached hydrogen (secondary N) is 1. The molecule has 0 aromatic heterocycles. The first-order valence-corrected chi connectivity index (χ1v) is 8.37. The van der Waals surface area contributed by atoms with Gasteiger partial charge in [0.15, 0.2) is 0 Å². The van der Waals surface area contributed by atoms with Gasteiger partial charge in [-0.15, -0.1) is 0 Å². The van der Waals surface area contributed by atoms with Crippen molar-refractivity contribution in [1.29, 1.82) is 0 Å². The van der Waals surface area contributed by atoms with Gasteiger partial charge in [0.25, 0.3) is 0 Å². The number of benzene rings is 1. The molecule has 0 heterocycles. The number of anilines is 1. The van der Waals surface area contributed by atoms with Crippen LogP contribution in [0.4, 0.5) is 5.69 Å². The van der Waals surface area contributed by atoms with Crippen LogP contribution in [0.5, 0.6) is 5.75 Å². The van der Waals surface area contributed by atoms with Crippen LogP contribution < -0.4 is 10.1 Å². The smallest absolute Gasteiger partial charge is 0.306 e. The number of carboxylic acid groups (broad SMARTS) is 1. The highest BCUT2D eigenvalue weighted by atomic mass is 16.5. The fourth-order valence-electron chi connectivity index (χ4n) is 2.86. The van der Waals surface area contributed by atoms with Crippen molar-refractivity contribution in [3.63, 3.8) is 0 Å². The van der Waals surface area contributed by atoms with E-state index in [0.29, 0.717) is 43.7 Å². The average molecular weight is 319 g/mol. The number of unbranched alkanes of at least 4 members (excludes halogenated alkanes) is 1. The first-order chi connectivity index (χ1) is 11.1. The number of ether oxygens (including phenoxy) is 1. The highest BCUT2D eigenvalue weighted by Gasteiger charge is 2.29. The highest BCUT2D eigenvalue weighted by Crippen LogP contribution is 2.31. The molecule has 0 spiro atoms. The lowest BCUT2D eigenvalue weighted by molar-refractivity contribution is -0.143. The minimum Gasteiger partial charge on any atom is -0.491 e. The van der Waals surface area contributed by atoms with Crippen LogP contribution in [0, 0.1) is 11.8 Å². The van der Waals surface area contributed by atoms with E-state index >= 15 is 0 Å². The van der Waals surface area contributed by atoms with Crippen LogP contribution in [0.3, 0.4) is 0 Å². The maximum absolute atomic E-state index is 12.4. The second kappa shape index (κ2) is 8.56. The lowest BCUT2D eigenvalue weighted by Crippen LogP contribution is -2.29. The Morgan fingerprint density at radius 1 is 1.17 bits per heavy atom. The van der Waals surface area contributed by atoms with Gasteiger partial charge < -0.3 is 15.2 Å². The lowest BCUT2D eigenvalue weighted by atomic mass is 9.81. The van der Waals surface area contributed by atoms with Gasteiger partial charge >= 0.3 is 5.97 Å². The predicted octanol–water partition coefficient (Wildman–Crippen LogP) is 3.70. The molecule has 1 fully saturated rings. The van der Waals surface area contributed by atoms with E-state index in [-0.39, 0.29) is 17.7 Å². The van der Waals surface area contributed by atoms with E-state index in [1.54, 1.807) is 0 Å². The molecule has 0 atom stereocenters. The minimum absolute atomic E-state index is 0.0413. The SMILES string of the molecule is CCCCOc1ccccc1NC(=O)C1CCC(C(=O)O)CC1. The van der Waals surface area contributed by atoms with E-state index in [1.807, 2.05) is 24.3 Å². The molecule has 5 nitrogen and oxygen atoms in total. The first-order valence-electron chi connectivity index (χ1n) is 8.37. The third-order valence-electron chi connectivity index (χ3n) is 4.35. The van der Waals surface area contributed by atoms with Crippen LogP contribution in [0.15, 0.2) is 24.3 Å². The van der Waals surface area contributed by atoms with E-state index in [0.717, 1.165) is 12.8 Å². The van der Waals surface area contributed by atoms with Crippen LogP contribution >= 0.6 is 0 Å². The van der Waals surface area contributed by atoms with E-state index < -0.39 is 5.97 Å². The van der Waals surface area contributed by atoms with E-state index in [4.69, 9.17) is 9.84 Å². The summed E-state index contributed by atoms with van der Waals surface area (Å²) in [6.07, 6.45) is 4.43. The Labute approximate surface area is 137 Å². The van der Waals surface area contributed by atoms with E-state index in [1.165, 1.54) is 0 Å². The summed E-state index contributed by atoms with van der Waals surface area (Å²) in [5.74, 6) is -0.523. The topological polar surface area (TPSA) is 75.6 Å². The molecule has 5 heteroatoms. The Hall–Kier alpha value is -2.04. The van der Waals surface area contributed by atoms with Crippen molar-refractivity contribution >= 4 is 17.6 Å². The highest BCUT2D eigenvalue weighted by molar-refractivity contribution is 5.94. The number of rotatable bonds is 7. The molecule has 1 saturated carbocycles. The van der Waals surface area contributed by atoms with Gasteiger partial charge in [-0.3, -0.25) is 9.59 Å². The molecular weight excluding hydrogens is 294 g/mol. The second-order valence-electron chi connectivity index (χ2n) is 6.07. The quantitative estimate of drug-likeness (QED) is 0.751. The van der Waals surface area contributed by atoms with Gasteiger partial charge in [0, 0.05) is 5.92 Å². The van der Waals surface area contributed by atoms with E-state index in [9.17, 15) is 9.59 Å².